The maximum atomic E-state index is 12.9. The van der Waals surface area contributed by atoms with Crippen molar-refractivity contribution in [2.24, 2.45) is 0 Å². The summed E-state index contributed by atoms with van der Waals surface area (Å²) in [6.07, 6.45) is 83.9. The van der Waals surface area contributed by atoms with Gasteiger partial charge < -0.3 is 14.2 Å². The smallest absolute Gasteiger partial charge is 0.306 e. The van der Waals surface area contributed by atoms with Crippen LogP contribution in [-0.4, -0.2) is 37.2 Å². The lowest BCUT2D eigenvalue weighted by molar-refractivity contribution is -0.167. The Morgan fingerprint density at radius 3 is 0.779 bits per heavy atom. The Labute approximate surface area is 479 Å². The van der Waals surface area contributed by atoms with Gasteiger partial charge in [-0.05, 0) is 103 Å². The average molecular weight is 1080 g/mol. The molecule has 0 heterocycles. The predicted octanol–water partition coefficient (Wildman–Crippen LogP) is 23.1. The summed E-state index contributed by atoms with van der Waals surface area (Å²) in [4.78, 5) is 38.3. The van der Waals surface area contributed by atoms with Crippen molar-refractivity contribution >= 4 is 17.9 Å². The quantitative estimate of drug-likeness (QED) is 0.0261. The predicted molar refractivity (Wildman–Crippen MR) is 335 cm³/mol. The molecule has 77 heavy (non-hydrogen) atoms. The highest BCUT2D eigenvalue weighted by Crippen LogP contribution is 2.17. The minimum Gasteiger partial charge on any atom is -0.462 e. The third-order valence-corrected chi connectivity index (χ3v) is 15.0. The summed E-state index contributed by atoms with van der Waals surface area (Å²) >= 11 is 0. The molecule has 6 heteroatoms. The van der Waals surface area contributed by atoms with Gasteiger partial charge in [-0.2, -0.15) is 0 Å². The number of esters is 3. The number of rotatable bonds is 62. The van der Waals surface area contributed by atoms with E-state index >= 15 is 0 Å². The van der Waals surface area contributed by atoms with E-state index in [2.05, 4.69) is 81.5 Å². The molecule has 1 unspecified atom stereocenters. The highest BCUT2D eigenvalue weighted by Gasteiger charge is 2.19. The maximum Gasteiger partial charge on any atom is 0.306 e. The number of unbranched alkanes of at least 4 members (excludes halogenated alkanes) is 41. The van der Waals surface area contributed by atoms with Crippen LogP contribution >= 0.6 is 0 Å². The first kappa shape index (κ1) is 74.1. The number of carbonyl (C=O) groups is 3. The minimum absolute atomic E-state index is 0.0753. The molecular formula is C71H128O6. The Bertz CT molecular complexity index is 1380. The van der Waals surface area contributed by atoms with Crippen LogP contribution in [0.1, 0.15) is 355 Å². The van der Waals surface area contributed by atoms with Crippen LogP contribution < -0.4 is 0 Å². The molecule has 0 aromatic rings. The van der Waals surface area contributed by atoms with Crippen LogP contribution in [0.2, 0.25) is 0 Å². The molecule has 0 saturated heterocycles. The van der Waals surface area contributed by atoms with Crippen molar-refractivity contribution in [2.75, 3.05) is 13.2 Å². The zero-order chi connectivity index (χ0) is 55.7. The molecule has 0 spiro atoms. The summed E-state index contributed by atoms with van der Waals surface area (Å²) in [5.41, 5.74) is 0. The van der Waals surface area contributed by atoms with Crippen LogP contribution in [0.5, 0.6) is 0 Å². The van der Waals surface area contributed by atoms with E-state index in [0.717, 1.165) is 77.0 Å². The van der Waals surface area contributed by atoms with E-state index in [1.54, 1.807) is 0 Å². The van der Waals surface area contributed by atoms with Crippen LogP contribution in [0.25, 0.3) is 0 Å². The molecule has 0 aromatic heterocycles. The topological polar surface area (TPSA) is 78.9 Å². The third-order valence-electron chi connectivity index (χ3n) is 15.0. The Balaban J connectivity index is 4.19. The maximum absolute atomic E-state index is 12.9. The first-order chi connectivity index (χ1) is 38.0. The van der Waals surface area contributed by atoms with Crippen molar-refractivity contribution in [1.29, 1.82) is 0 Å². The summed E-state index contributed by atoms with van der Waals surface area (Å²) in [5.74, 6) is -0.870. The zero-order valence-corrected chi connectivity index (χ0v) is 51.5. The molecule has 0 aliphatic carbocycles. The van der Waals surface area contributed by atoms with Crippen LogP contribution in [-0.2, 0) is 28.6 Å². The normalized spacial score (nSPS) is 12.4. The fraction of sp³-hybridized carbons (Fsp3) is 0.817. The van der Waals surface area contributed by atoms with Gasteiger partial charge in [0.25, 0.3) is 0 Å². The fourth-order valence-electron chi connectivity index (χ4n) is 9.84. The molecule has 0 aromatic carbocycles. The van der Waals surface area contributed by atoms with Crippen LogP contribution in [0.4, 0.5) is 0 Å². The number of hydrogen-bond acceptors (Lipinski definition) is 6. The van der Waals surface area contributed by atoms with Crippen LogP contribution in [0.15, 0.2) is 60.8 Å². The van der Waals surface area contributed by atoms with Gasteiger partial charge in [-0.3, -0.25) is 14.4 Å². The van der Waals surface area contributed by atoms with E-state index in [0.29, 0.717) is 19.3 Å². The second-order valence-electron chi connectivity index (χ2n) is 22.7. The van der Waals surface area contributed by atoms with E-state index < -0.39 is 6.10 Å². The van der Waals surface area contributed by atoms with Gasteiger partial charge in [0.15, 0.2) is 6.10 Å². The summed E-state index contributed by atoms with van der Waals surface area (Å²) in [6, 6.07) is 0. The minimum atomic E-state index is -0.778. The summed E-state index contributed by atoms with van der Waals surface area (Å²) in [7, 11) is 0. The van der Waals surface area contributed by atoms with Crippen LogP contribution in [0.3, 0.4) is 0 Å². The van der Waals surface area contributed by atoms with Gasteiger partial charge in [0.2, 0.25) is 0 Å². The van der Waals surface area contributed by atoms with Crippen molar-refractivity contribution in [1.82, 2.24) is 0 Å². The van der Waals surface area contributed by atoms with Gasteiger partial charge in [-0.25, -0.2) is 0 Å². The molecule has 0 fully saturated rings. The fourth-order valence-corrected chi connectivity index (χ4v) is 9.84. The Morgan fingerprint density at radius 1 is 0.260 bits per heavy atom. The van der Waals surface area contributed by atoms with Crippen molar-refractivity contribution in [3.8, 4) is 0 Å². The lowest BCUT2D eigenvalue weighted by atomic mass is 10.0. The third kappa shape index (κ3) is 63.8. The van der Waals surface area contributed by atoms with Crippen molar-refractivity contribution < 1.29 is 28.6 Å². The molecular weight excluding hydrogens is 949 g/mol. The van der Waals surface area contributed by atoms with Crippen molar-refractivity contribution in [3.63, 3.8) is 0 Å². The molecule has 0 rings (SSSR count). The van der Waals surface area contributed by atoms with Crippen LogP contribution in [0, 0.1) is 0 Å². The monoisotopic (exact) mass is 1080 g/mol. The standard InChI is InChI=1S/C71H128O6/c1-4-7-10-13-16-19-22-24-26-28-30-31-32-33-34-35-36-37-38-39-41-42-44-46-49-52-55-58-61-64-70(73)76-67-68(66-75-69(72)63-60-57-54-51-48-21-18-15-12-9-6-3)77-71(74)65-62-59-56-53-50-47-45-43-40-29-27-25-23-20-17-14-11-8-5-2/h15,18,22,24-25,27-28,30,32-33,68H,4-14,16-17,19-21,23,26,29,31,34-67H2,1-3H3/b18-15-,24-22-,27-25-,30-28-,33-32-. The first-order valence-electron chi connectivity index (χ1n) is 33.8. The second-order valence-corrected chi connectivity index (χ2v) is 22.7. The largest absolute Gasteiger partial charge is 0.462 e. The molecule has 0 bridgehead atoms. The Morgan fingerprint density at radius 2 is 0.481 bits per heavy atom. The molecule has 0 N–H and O–H groups in total. The second kappa shape index (κ2) is 65.6. The first-order valence-corrected chi connectivity index (χ1v) is 33.8. The summed E-state index contributed by atoms with van der Waals surface area (Å²) in [6.45, 7) is 6.62. The Hall–Kier alpha value is -2.89. The highest BCUT2D eigenvalue weighted by molar-refractivity contribution is 5.71. The lowest BCUT2D eigenvalue weighted by Crippen LogP contribution is -2.30. The van der Waals surface area contributed by atoms with Gasteiger partial charge in [-0.1, -0.05) is 293 Å². The highest BCUT2D eigenvalue weighted by atomic mass is 16.6. The van der Waals surface area contributed by atoms with Gasteiger partial charge in [-0.15, -0.1) is 0 Å². The molecule has 448 valence electrons. The van der Waals surface area contributed by atoms with Crippen molar-refractivity contribution in [2.45, 2.75) is 361 Å². The van der Waals surface area contributed by atoms with E-state index in [-0.39, 0.29) is 31.1 Å². The Kier molecular flexibility index (Phi) is 63.2. The number of carbonyl (C=O) groups excluding carboxylic acids is 3. The van der Waals surface area contributed by atoms with Gasteiger partial charge in [0.1, 0.15) is 13.2 Å². The number of allylic oxidation sites excluding steroid dienone is 10. The van der Waals surface area contributed by atoms with E-state index in [1.165, 1.54) is 238 Å². The molecule has 0 amide bonds. The number of hydrogen-bond donors (Lipinski definition) is 0. The van der Waals surface area contributed by atoms with Gasteiger partial charge in [0.05, 0.1) is 0 Å². The van der Waals surface area contributed by atoms with E-state index in [1.807, 2.05) is 0 Å². The zero-order valence-electron chi connectivity index (χ0n) is 51.5. The lowest BCUT2D eigenvalue weighted by Gasteiger charge is -2.18. The molecule has 0 radical (unpaired) electrons. The molecule has 1 atom stereocenters. The molecule has 0 saturated carbocycles. The van der Waals surface area contributed by atoms with Gasteiger partial charge in [0, 0.05) is 19.3 Å². The van der Waals surface area contributed by atoms with E-state index in [9.17, 15) is 14.4 Å². The average Bonchev–Trinajstić information content (AvgIpc) is 3.43. The molecule has 0 aliphatic heterocycles. The SMILES string of the molecule is CCCC/C=C\CCCCCCCC(=O)OCC(COC(=O)CCCCCCCCCCCCCCCC/C=C\C/C=C\C/C=C\CCCCCCC)OC(=O)CCCCCCCCCCC/C=C\CCCCCCCC. The van der Waals surface area contributed by atoms with Crippen molar-refractivity contribution in [3.05, 3.63) is 60.8 Å². The molecule has 0 aliphatic rings. The van der Waals surface area contributed by atoms with Gasteiger partial charge >= 0.3 is 17.9 Å². The number of ether oxygens (including phenoxy) is 3. The molecule has 6 nitrogen and oxygen atoms in total. The summed E-state index contributed by atoms with van der Waals surface area (Å²) in [5, 5.41) is 0. The van der Waals surface area contributed by atoms with E-state index in [4.69, 9.17) is 14.2 Å². The summed E-state index contributed by atoms with van der Waals surface area (Å²) < 4.78 is 16.9.